The van der Waals surface area contributed by atoms with Gasteiger partial charge in [0.05, 0.1) is 18.2 Å². The third-order valence-corrected chi connectivity index (χ3v) is 3.75. The quantitative estimate of drug-likeness (QED) is 0.888. The summed E-state index contributed by atoms with van der Waals surface area (Å²) in [4.78, 5) is 0. The normalized spacial score (nSPS) is 27.3. The molecular weight excluding hydrogens is 273 g/mol. The predicted octanol–water partition coefficient (Wildman–Crippen LogP) is 2.07. The number of aromatic nitrogens is 1. The Balaban J connectivity index is 2.06. The van der Waals surface area contributed by atoms with Crippen molar-refractivity contribution in [3.63, 3.8) is 0 Å². The van der Waals surface area contributed by atoms with Gasteiger partial charge in [-0.25, -0.2) is 4.39 Å². The van der Waals surface area contributed by atoms with E-state index in [0.29, 0.717) is 22.5 Å². The van der Waals surface area contributed by atoms with Crippen LogP contribution >= 0.6 is 11.6 Å². The van der Waals surface area contributed by atoms with Gasteiger partial charge in [0, 0.05) is 11.8 Å². The minimum Gasteiger partial charge on any atom is -0.394 e. The Bertz CT molecular complexity index is 615. The molecule has 1 saturated heterocycles. The van der Waals surface area contributed by atoms with Crippen LogP contribution < -0.4 is 0 Å². The van der Waals surface area contributed by atoms with Gasteiger partial charge in [-0.15, -0.1) is 0 Å². The number of fused-ring (bicyclic) bond motifs is 1. The molecule has 0 unspecified atom stereocenters. The summed E-state index contributed by atoms with van der Waals surface area (Å²) in [5.41, 5.74) is 0.612. The van der Waals surface area contributed by atoms with E-state index in [9.17, 15) is 9.50 Å². The molecule has 0 bridgehead atoms. The Morgan fingerprint density at radius 3 is 2.95 bits per heavy atom. The van der Waals surface area contributed by atoms with E-state index in [1.165, 1.54) is 12.1 Å². The number of aliphatic hydroxyl groups excluding tert-OH is 2. The highest BCUT2D eigenvalue weighted by atomic mass is 35.5. The lowest BCUT2D eigenvalue weighted by Gasteiger charge is -2.16. The zero-order chi connectivity index (χ0) is 13.6. The molecule has 0 radical (unpaired) electrons. The Morgan fingerprint density at radius 1 is 1.47 bits per heavy atom. The van der Waals surface area contributed by atoms with E-state index in [0.717, 1.165) is 0 Å². The Labute approximate surface area is 114 Å². The van der Waals surface area contributed by atoms with E-state index in [1.807, 2.05) is 0 Å². The summed E-state index contributed by atoms with van der Waals surface area (Å²) in [6.07, 6.45) is -1.58. The van der Waals surface area contributed by atoms with Gasteiger partial charge in [-0.1, -0.05) is 17.7 Å². The largest absolute Gasteiger partial charge is 0.394 e. The van der Waals surface area contributed by atoms with Gasteiger partial charge < -0.3 is 19.5 Å². The fourth-order valence-corrected chi connectivity index (χ4v) is 2.82. The van der Waals surface area contributed by atoms with Crippen LogP contribution in [0, 0.1) is 5.82 Å². The molecule has 1 aromatic heterocycles. The number of nitrogens with zero attached hydrogens (tertiary/aromatic N) is 1. The van der Waals surface area contributed by atoms with Crippen molar-refractivity contribution in [1.82, 2.24) is 4.57 Å². The summed E-state index contributed by atoms with van der Waals surface area (Å²) < 4.78 is 20.9. The van der Waals surface area contributed by atoms with Gasteiger partial charge >= 0.3 is 0 Å². The van der Waals surface area contributed by atoms with E-state index in [-0.39, 0.29) is 12.4 Å². The van der Waals surface area contributed by atoms with E-state index in [2.05, 4.69) is 0 Å². The number of ether oxygens (including phenoxy) is 1. The van der Waals surface area contributed by atoms with Gasteiger partial charge in [0.25, 0.3) is 0 Å². The van der Waals surface area contributed by atoms with E-state index < -0.39 is 18.4 Å². The SMILES string of the molecule is OC[C@H]1O[C@@H](n2c(Cl)cc3c(F)cccc32)C[C@@H]1O. The van der Waals surface area contributed by atoms with Gasteiger partial charge in [0.2, 0.25) is 0 Å². The van der Waals surface area contributed by atoms with Crippen LogP contribution in [0.1, 0.15) is 12.6 Å². The maximum Gasteiger partial charge on any atom is 0.138 e. The van der Waals surface area contributed by atoms with Crippen molar-refractivity contribution in [3.8, 4) is 0 Å². The second-order valence-corrected chi connectivity index (χ2v) is 5.01. The van der Waals surface area contributed by atoms with Gasteiger partial charge in [-0.3, -0.25) is 0 Å². The fourth-order valence-electron chi connectivity index (χ4n) is 2.51. The predicted molar refractivity (Wildman–Crippen MR) is 68.5 cm³/mol. The van der Waals surface area contributed by atoms with E-state index >= 15 is 0 Å². The van der Waals surface area contributed by atoms with Crippen LogP contribution in [0.5, 0.6) is 0 Å². The number of rotatable bonds is 2. The van der Waals surface area contributed by atoms with Gasteiger partial charge in [0.1, 0.15) is 23.3 Å². The Hall–Kier alpha value is -1.14. The number of halogens is 2. The fraction of sp³-hybridized carbons (Fsp3) is 0.385. The van der Waals surface area contributed by atoms with Crippen molar-refractivity contribution in [2.45, 2.75) is 24.9 Å². The third-order valence-electron chi connectivity index (χ3n) is 3.46. The first kappa shape index (κ1) is 12.9. The summed E-state index contributed by atoms with van der Waals surface area (Å²) in [5, 5.41) is 19.6. The summed E-state index contributed by atoms with van der Waals surface area (Å²) in [6.45, 7) is -0.261. The summed E-state index contributed by atoms with van der Waals surface area (Å²) in [5.74, 6) is -0.351. The van der Waals surface area contributed by atoms with E-state index in [4.69, 9.17) is 21.4 Å². The molecule has 3 atom stereocenters. The van der Waals surface area contributed by atoms with Crippen molar-refractivity contribution in [2.24, 2.45) is 0 Å². The van der Waals surface area contributed by atoms with Crippen LogP contribution in [0.15, 0.2) is 24.3 Å². The first-order valence-electron chi connectivity index (χ1n) is 6.01. The van der Waals surface area contributed by atoms with Crippen molar-refractivity contribution >= 4 is 22.5 Å². The average Bonchev–Trinajstić information content (AvgIpc) is 2.90. The molecule has 6 heteroatoms. The van der Waals surface area contributed by atoms with Gasteiger partial charge in [0.15, 0.2) is 0 Å². The molecule has 0 aliphatic carbocycles. The summed E-state index contributed by atoms with van der Waals surface area (Å²) in [6, 6.07) is 6.24. The van der Waals surface area contributed by atoms with Crippen LogP contribution in [0.3, 0.4) is 0 Å². The maximum atomic E-state index is 13.7. The third kappa shape index (κ3) is 2.03. The molecule has 1 aromatic carbocycles. The van der Waals surface area contributed by atoms with Crippen LogP contribution in [-0.4, -0.2) is 33.6 Å². The highest BCUT2D eigenvalue weighted by Gasteiger charge is 2.35. The van der Waals surface area contributed by atoms with Crippen LogP contribution in [0.25, 0.3) is 10.9 Å². The molecule has 2 N–H and O–H groups in total. The second-order valence-electron chi connectivity index (χ2n) is 4.62. The molecule has 4 nitrogen and oxygen atoms in total. The lowest BCUT2D eigenvalue weighted by Crippen LogP contribution is -2.24. The molecule has 0 amide bonds. The first-order valence-corrected chi connectivity index (χ1v) is 6.39. The molecule has 2 aromatic rings. The van der Waals surface area contributed by atoms with Crippen LogP contribution in [-0.2, 0) is 4.74 Å². The zero-order valence-electron chi connectivity index (χ0n) is 9.96. The van der Waals surface area contributed by atoms with Crippen molar-refractivity contribution in [3.05, 3.63) is 35.2 Å². The number of hydrogen-bond acceptors (Lipinski definition) is 3. The molecule has 1 aliphatic heterocycles. The molecular formula is C13H13ClFNO3. The molecule has 102 valence electrons. The maximum absolute atomic E-state index is 13.7. The van der Waals surface area contributed by atoms with E-state index in [1.54, 1.807) is 16.7 Å². The zero-order valence-corrected chi connectivity index (χ0v) is 10.7. The van der Waals surface area contributed by atoms with Crippen molar-refractivity contribution in [2.75, 3.05) is 6.61 Å². The van der Waals surface area contributed by atoms with Crippen LogP contribution in [0.2, 0.25) is 5.15 Å². The highest BCUT2D eigenvalue weighted by molar-refractivity contribution is 6.31. The topological polar surface area (TPSA) is 54.6 Å². The van der Waals surface area contributed by atoms with Crippen LogP contribution in [0.4, 0.5) is 4.39 Å². The van der Waals surface area contributed by atoms with Crippen molar-refractivity contribution < 1.29 is 19.3 Å². The smallest absolute Gasteiger partial charge is 0.138 e. The standard InChI is InChI=1S/C13H13ClFNO3/c14-12-4-7-8(15)2-1-3-9(7)16(12)13-5-10(18)11(6-17)19-13/h1-4,10-11,13,17-18H,5-6H2/t10-,11+,13+/m0/s1. The first-order chi connectivity index (χ1) is 9.11. The number of hydrogen-bond donors (Lipinski definition) is 2. The molecule has 19 heavy (non-hydrogen) atoms. The highest BCUT2D eigenvalue weighted by Crippen LogP contribution is 2.36. The monoisotopic (exact) mass is 285 g/mol. The molecule has 1 aliphatic rings. The van der Waals surface area contributed by atoms with Gasteiger partial charge in [-0.2, -0.15) is 0 Å². The Morgan fingerprint density at radius 2 is 2.26 bits per heavy atom. The minimum atomic E-state index is -0.753. The van der Waals surface area contributed by atoms with Gasteiger partial charge in [-0.05, 0) is 18.2 Å². The minimum absolute atomic E-state index is 0.261. The Kier molecular flexibility index (Phi) is 3.22. The molecule has 0 saturated carbocycles. The molecule has 3 rings (SSSR count). The molecule has 2 heterocycles. The molecule has 1 fully saturated rings. The molecule has 0 spiro atoms. The second kappa shape index (κ2) is 4.76. The summed E-state index contributed by atoms with van der Waals surface area (Å²) in [7, 11) is 0. The summed E-state index contributed by atoms with van der Waals surface area (Å²) >= 11 is 6.13. The number of benzene rings is 1. The lowest BCUT2D eigenvalue weighted by molar-refractivity contribution is -0.0428. The lowest BCUT2D eigenvalue weighted by atomic mass is 10.2. The number of aliphatic hydroxyl groups is 2. The average molecular weight is 286 g/mol. The van der Waals surface area contributed by atoms with Crippen molar-refractivity contribution in [1.29, 1.82) is 0 Å².